The Balaban J connectivity index is 3.08. The molecule has 66 valence electrons. The average molecular weight is 192 g/mol. The molecular formula is C8H8N4S. The van der Waals surface area contributed by atoms with Gasteiger partial charge in [0.2, 0.25) is 0 Å². The molecule has 13 heavy (non-hydrogen) atoms. The third kappa shape index (κ3) is 2.32. The molecule has 0 bridgehead atoms. The van der Waals surface area contributed by atoms with Crippen molar-refractivity contribution < 1.29 is 0 Å². The molecule has 1 aromatic carbocycles. The van der Waals surface area contributed by atoms with E-state index in [4.69, 9.17) is 16.7 Å². The van der Waals surface area contributed by atoms with E-state index in [9.17, 15) is 0 Å². The number of thiocarbonyl (C=S) groups is 1. The van der Waals surface area contributed by atoms with E-state index in [0.717, 1.165) is 0 Å². The first-order chi connectivity index (χ1) is 6.13. The van der Waals surface area contributed by atoms with Crippen LogP contribution in [0, 0.1) is 11.3 Å². The van der Waals surface area contributed by atoms with Crippen molar-refractivity contribution in [1.29, 1.82) is 5.26 Å². The molecule has 5 N–H and O–H groups in total. The predicted octanol–water partition coefficient (Wildman–Crippen LogP) is 0.796. The molecule has 1 aromatic rings. The van der Waals surface area contributed by atoms with E-state index >= 15 is 0 Å². The predicted molar refractivity (Wildman–Crippen MR) is 56.0 cm³/mol. The molecule has 0 fully saturated rings. The van der Waals surface area contributed by atoms with Crippen molar-refractivity contribution >= 4 is 28.7 Å². The van der Waals surface area contributed by atoms with E-state index in [-0.39, 0.29) is 5.11 Å². The lowest BCUT2D eigenvalue weighted by Gasteiger charge is -2.05. The second-order valence-corrected chi connectivity index (χ2v) is 2.85. The normalized spacial score (nSPS) is 8.85. The maximum absolute atomic E-state index is 8.73. The first kappa shape index (κ1) is 9.29. The van der Waals surface area contributed by atoms with Gasteiger partial charge < -0.3 is 16.8 Å². The fraction of sp³-hybridized carbons (Fsp3) is 0. The van der Waals surface area contributed by atoms with Gasteiger partial charge >= 0.3 is 0 Å². The fourth-order valence-corrected chi connectivity index (χ4v) is 1.01. The van der Waals surface area contributed by atoms with Gasteiger partial charge in [-0.1, -0.05) is 0 Å². The van der Waals surface area contributed by atoms with Crippen molar-refractivity contribution in [3.8, 4) is 6.07 Å². The number of nitrogen functional groups attached to an aromatic ring is 1. The molecule has 5 heteroatoms. The lowest BCUT2D eigenvalue weighted by molar-refractivity contribution is 1.47. The van der Waals surface area contributed by atoms with Crippen LogP contribution in [-0.2, 0) is 0 Å². The molecular weight excluding hydrogens is 184 g/mol. The third-order valence-electron chi connectivity index (χ3n) is 1.42. The molecule has 0 radical (unpaired) electrons. The number of nitrogens with one attached hydrogen (secondary N) is 1. The summed E-state index contributed by atoms with van der Waals surface area (Å²) < 4.78 is 0. The number of nitrogens with zero attached hydrogens (tertiary/aromatic N) is 1. The molecule has 0 aliphatic heterocycles. The second-order valence-electron chi connectivity index (χ2n) is 2.41. The molecule has 0 atom stereocenters. The molecule has 0 saturated heterocycles. The largest absolute Gasteiger partial charge is 0.399 e. The first-order valence-electron chi connectivity index (χ1n) is 3.49. The Kier molecular flexibility index (Phi) is 2.67. The molecule has 0 amide bonds. The number of anilines is 2. The number of hydrogen-bond acceptors (Lipinski definition) is 3. The highest BCUT2D eigenvalue weighted by molar-refractivity contribution is 7.80. The van der Waals surface area contributed by atoms with Gasteiger partial charge in [0.25, 0.3) is 0 Å². The van der Waals surface area contributed by atoms with Crippen molar-refractivity contribution in [3.63, 3.8) is 0 Å². The van der Waals surface area contributed by atoms with Gasteiger partial charge in [-0.3, -0.25) is 0 Å². The summed E-state index contributed by atoms with van der Waals surface area (Å²) in [6.45, 7) is 0. The van der Waals surface area contributed by atoms with Crippen LogP contribution in [0.5, 0.6) is 0 Å². The van der Waals surface area contributed by atoms with Gasteiger partial charge in [-0.2, -0.15) is 5.26 Å². The third-order valence-corrected chi connectivity index (χ3v) is 1.52. The van der Waals surface area contributed by atoms with Crippen LogP contribution in [0.25, 0.3) is 0 Å². The summed E-state index contributed by atoms with van der Waals surface area (Å²) in [6.07, 6.45) is 0. The Morgan fingerprint density at radius 1 is 1.54 bits per heavy atom. The molecule has 0 unspecified atom stereocenters. The monoisotopic (exact) mass is 192 g/mol. The zero-order valence-electron chi connectivity index (χ0n) is 6.74. The maximum Gasteiger partial charge on any atom is 0.168 e. The van der Waals surface area contributed by atoms with Crippen molar-refractivity contribution in [2.45, 2.75) is 0 Å². The Morgan fingerprint density at radius 3 is 2.77 bits per heavy atom. The summed E-state index contributed by atoms with van der Waals surface area (Å²) in [7, 11) is 0. The van der Waals surface area contributed by atoms with Crippen LogP contribution in [0.2, 0.25) is 0 Å². The molecule has 0 saturated carbocycles. The van der Waals surface area contributed by atoms with Crippen LogP contribution < -0.4 is 16.8 Å². The molecule has 4 nitrogen and oxygen atoms in total. The molecule has 0 aromatic heterocycles. The van der Waals surface area contributed by atoms with Crippen molar-refractivity contribution in [2.24, 2.45) is 5.73 Å². The minimum absolute atomic E-state index is 0.126. The standard InChI is InChI=1S/C8H8N4S/c9-4-5-3-6(10)1-2-7(5)12-8(11)13/h1-3H,10H2,(H3,11,12,13). The van der Waals surface area contributed by atoms with Gasteiger partial charge in [-0.25, -0.2) is 0 Å². The lowest BCUT2D eigenvalue weighted by atomic mass is 10.2. The zero-order chi connectivity index (χ0) is 9.84. The van der Waals surface area contributed by atoms with Gasteiger partial charge in [0, 0.05) is 5.69 Å². The van der Waals surface area contributed by atoms with Crippen LogP contribution in [0.4, 0.5) is 11.4 Å². The number of hydrogen-bond donors (Lipinski definition) is 3. The topological polar surface area (TPSA) is 87.9 Å². The molecule has 0 spiro atoms. The van der Waals surface area contributed by atoms with Gasteiger partial charge in [-0.15, -0.1) is 0 Å². The summed E-state index contributed by atoms with van der Waals surface area (Å²) in [4.78, 5) is 0. The Bertz CT molecular complexity index is 380. The van der Waals surface area contributed by atoms with Crippen LogP contribution in [0.1, 0.15) is 5.56 Å². The maximum atomic E-state index is 8.73. The highest BCUT2D eigenvalue weighted by Crippen LogP contribution is 2.17. The van der Waals surface area contributed by atoms with Crippen molar-refractivity contribution in [3.05, 3.63) is 23.8 Å². The van der Waals surface area contributed by atoms with E-state index in [2.05, 4.69) is 17.5 Å². The van der Waals surface area contributed by atoms with Gasteiger partial charge in [0.05, 0.1) is 11.3 Å². The number of rotatable bonds is 1. The molecule has 0 heterocycles. The van der Waals surface area contributed by atoms with E-state index < -0.39 is 0 Å². The zero-order valence-corrected chi connectivity index (χ0v) is 7.56. The van der Waals surface area contributed by atoms with Crippen molar-refractivity contribution in [2.75, 3.05) is 11.1 Å². The Morgan fingerprint density at radius 2 is 2.23 bits per heavy atom. The molecule has 0 aliphatic carbocycles. The summed E-state index contributed by atoms with van der Waals surface area (Å²) >= 11 is 4.64. The minimum Gasteiger partial charge on any atom is -0.399 e. The van der Waals surface area contributed by atoms with Gasteiger partial charge in [0.1, 0.15) is 6.07 Å². The minimum atomic E-state index is 0.126. The van der Waals surface area contributed by atoms with E-state index in [1.807, 2.05) is 6.07 Å². The van der Waals surface area contributed by atoms with E-state index in [0.29, 0.717) is 16.9 Å². The molecule has 1 rings (SSSR count). The summed E-state index contributed by atoms with van der Waals surface area (Å²) in [5.41, 5.74) is 12.3. The molecule has 0 aliphatic rings. The first-order valence-corrected chi connectivity index (χ1v) is 3.90. The van der Waals surface area contributed by atoms with Crippen molar-refractivity contribution in [1.82, 2.24) is 0 Å². The van der Waals surface area contributed by atoms with Crippen LogP contribution in [0.3, 0.4) is 0 Å². The fourth-order valence-electron chi connectivity index (χ4n) is 0.896. The quantitative estimate of drug-likeness (QED) is 0.452. The summed E-state index contributed by atoms with van der Waals surface area (Å²) in [6, 6.07) is 6.87. The lowest BCUT2D eigenvalue weighted by Crippen LogP contribution is -2.19. The van der Waals surface area contributed by atoms with Crippen LogP contribution in [-0.4, -0.2) is 5.11 Å². The van der Waals surface area contributed by atoms with Crippen LogP contribution >= 0.6 is 12.2 Å². The van der Waals surface area contributed by atoms with Gasteiger partial charge in [-0.05, 0) is 30.4 Å². The SMILES string of the molecule is N#Cc1cc(N)ccc1NC(N)=S. The van der Waals surface area contributed by atoms with E-state index in [1.165, 1.54) is 0 Å². The van der Waals surface area contributed by atoms with Crippen LogP contribution in [0.15, 0.2) is 18.2 Å². The summed E-state index contributed by atoms with van der Waals surface area (Å²) in [5, 5.41) is 11.5. The Hall–Kier alpha value is -1.80. The van der Waals surface area contributed by atoms with E-state index in [1.54, 1.807) is 18.2 Å². The number of nitrogens with two attached hydrogens (primary N) is 2. The second kappa shape index (κ2) is 3.74. The smallest absolute Gasteiger partial charge is 0.168 e. The summed E-state index contributed by atoms with van der Waals surface area (Å²) in [5.74, 6) is 0. The highest BCUT2D eigenvalue weighted by atomic mass is 32.1. The average Bonchev–Trinajstić information content (AvgIpc) is 2.07. The highest BCUT2D eigenvalue weighted by Gasteiger charge is 2.01. The van der Waals surface area contributed by atoms with Gasteiger partial charge in [0.15, 0.2) is 5.11 Å². The Labute approximate surface area is 81.1 Å². The number of nitriles is 1. The number of benzene rings is 1.